The standard InChI is InChI=1S/C14H23NO3/c1-10(2)8-15-9-12(16)11-5-6-13(17-3)14(7-11)18-4/h5-7,10,12,15-16H,8-9H2,1-4H3. The van der Waals surface area contributed by atoms with Gasteiger partial charge in [0.1, 0.15) is 0 Å². The normalized spacial score (nSPS) is 12.6. The van der Waals surface area contributed by atoms with E-state index in [-0.39, 0.29) is 0 Å². The first kappa shape index (κ1) is 14.8. The van der Waals surface area contributed by atoms with Crippen molar-refractivity contribution >= 4 is 0 Å². The molecule has 0 aliphatic rings. The molecule has 2 N–H and O–H groups in total. The molecule has 0 aliphatic carbocycles. The Kier molecular flexibility index (Phi) is 5.95. The molecule has 0 fully saturated rings. The van der Waals surface area contributed by atoms with E-state index in [2.05, 4.69) is 19.2 Å². The first-order valence-electron chi connectivity index (χ1n) is 6.19. The van der Waals surface area contributed by atoms with Crippen LogP contribution in [0, 0.1) is 5.92 Å². The topological polar surface area (TPSA) is 50.7 Å². The van der Waals surface area contributed by atoms with Crippen LogP contribution in [-0.4, -0.2) is 32.4 Å². The van der Waals surface area contributed by atoms with Crippen molar-refractivity contribution in [2.45, 2.75) is 20.0 Å². The van der Waals surface area contributed by atoms with Crippen molar-refractivity contribution < 1.29 is 14.6 Å². The van der Waals surface area contributed by atoms with E-state index < -0.39 is 6.10 Å². The Morgan fingerprint density at radius 1 is 1.11 bits per heavy atom. The molecule has 18 heavy (non-hydrogen) atoms. The van der Waals surface area contributed by atoms with E-state index in [9.17, 15) is 5.11 Å². The van der Waals surface area contributed by atoms with E-state index in [0.717, 1.165) is 12.1 Å². The van der Waals surface area contributed by atoms with Gasteiger partial charge in [-0.15, -0.1) is 0 Å². The summed E-state index contributed by atoms with van der Waals surface area (Å²) in [4.78, 5) is 0. The highest BCUT2D eigenvalue weighted by atomic mass is 16.5. The molecule has 1 aromatic rings. The van der Waals surface area contributed by atoms with Gasteiger partial charge in [0.25, 0.3) is 0 Å². The van der Waals surface area contributed by atoms with Crippen molar-refractivity contribution in [2.24, 2.45) is 5.92 Å². The van der Waals surface area contributed by atoms with Gasteiger partial charge in [0.2, 0.25) is 0 Å². The third kappa shape index (κ3) is 4.20. The molecule has 1 unspecified atom stereocenters. The summed E-state index contributed by atoms with van der Waals surface area (Å²) < 4.78 is 10.4. The third-order valence-corrected chi connectivity index (χ3v) is 2.68. The smallest absolute Gasteiger partial charge is 0.161 e. The molecule has 0 aliphatic heterocycles. The van der Waals surface area contributed by atoms with Crippen molar-refractivity contribution in [3.8, 4) is 11.5 Å². The molecule has 0 heterocycles. The van der Waals surface area contributed by atoms with Crippen LogP contribution < -0.4 is 14.8 Å². The highest BCUT2D eigenvalue weighted by Gasteiger charge is 2.11. The Balaban J connectivity index is 2.65. The van der Waals surface area contributed by atoms with Gasteiger partial charge in [-0.05, 0) is 30.2 Å². The number of benzene rings is 1. The molecule has 0 bridgehead atoms. The van der Waals surface area contributed by atoms with Crippen LogP contribution in [0.25, 0.3) is 0 Å². The van der Waals surface area contributed by atoms with E-state index in [0.29, 0.717) is 24.0 Å². The lowest BCUT2D eigenvalue weighted by molar-refractivity contribution is 0.173. The minimum atomic E-state index is -0.538. The SMILES string of the molecule is COc1ccc(C(O)CNCC(C)C)cc1OC. The number of hydrogen-bond donors (Lipinski definition) is 2. The van der Waals surface area contributed by atoms with Gasteiger partial charge in [0.05, 0.1) is 20.3 Å². The van der Waals surface area contributed by atoms with Crippen molar-refractivity contribution in [1.29, 1.82) is 0 Å². The lowest BCUT2D eigenvalue weighted by Crippen LogP contribution is -2.25. The predicted molar refractivity (Wildman–Crippen MR) is 72.2 cm³/mol. The van der Waals surface area contributed by atoms with Gasteiger partial charge in [0.15, 0.2) is 11.5 Å². The number of methoxy groups -OCH3 is 2. The molecule has 4 heteroatoms. The minimum absolute atomic E-state index is 0.535. The number of aliphatic hydroxyl groups excluding tert-OH is 1. The molecular formula is C14H23NO3. The number of hydrogen-bond acceptors (Lipinski definition) is 4. The Morgan fingerprint density at radius 2 is 1.78 bits per heavy atom. The van der Waals surface area contributed by atoms with E-state index in [1.807, 2.05) is 6.07 Å². The molecule has 0 radical (unpaired) electrons. The van der Waals surface area contributed by atoms with Gasteiger partial charge < -0.3 is 19.9 Å². The van der Waals surface area contributed by atoms with E-state index in [4.69, 9.17) is 9.47 Å². The molecule has 1 atom stereocenters. The van der Waals surface area contributed by atoms with Crippen molar-refractivity contribution in [1.82, 2.24) is 5.32 Å². The summed E-state index contributed by atoms with van der Waals surface area (Å²) in [6.45, 7) is 5.70. The first-order valence-corrected chi connectivity index (χ1v) is 6.19. The molecule has 0 amide bonds. The number of nitrogens with one attached hydrogen (secondary N) is 1. The highest BCUT2D eigenvalue weighted by molar-refractivity contribution is 5.43. The predicted octanol–water partition coefficient (Wildman–Crippen LogP) is 1.98. The fraction of sp³-hybridized carbons (Fsp3) is 0.571. The molecule has 102 valence electrons. The average Bonchev–Trinajstić information content (AvgIpc) is 2.37. The average molecular weight is 253 g/mol. The largest absolute Gasteiger partial charge is 0.493 e. The fourth-order valence-electron chi connectivity index (χ4n) is 1.69. The zero-order valence-electron chi connectivity index (χ0n) is 11.6. The zero-order valence-corrected chi connectivity index (χ0v) is 11.6. The summed E-state index contributed by atoms with van der Waals surface area (Å²) in [5.41, 5.74) is 0.823. The van der Waals surface area contributed by atoms with Crippen molar-refractivity contribution in [2.75, 3.05) is 27.3 Å². The zero-order chi connectivity index (χ0) is 13.5. The molecule has 0 spiro atoms. The van der Waals surface area contributed by atoms with Gasteiger partial charge >= 0.3 is 0 Å². The lowest BCUT2D eigenvalue weighted by Gasteiger charge is -2.15. The molecular weight excluding hydrogens is 230 g/mol. The monoisotopic (exact) mass is 253 g/mol. The maximum absolute atomic E-state index is 10.1. The van der Waals surface area contributed by atoms with Crippen LogP contribution in [0.5, 0.6) is 11.5 Å². The summed E-state index contributed by atoms with van der Waals surface area (Å²) in [6.07, 6.45) is -0.538. The molecule has 4 nitrogen and oxygen atoms in total. The third-order valence-electron chi connectivity index (χ3n) is 2.68. The van der Waals surface area contributed by atoms with Crippen LogP contribution in [0.2, 0.25) is 0 Å². The van der Waals surface area contributed by atoms with Gasteiger partial charge in [-0.2, -0.15) is 0 Å². The molecule has 0 saturated carbocycles. The van der Waals surface area contributed by atoms with Crippen LogP contribution in [-0.2, 0) is 0 Å². The maximum Gasteiger partial charge on any atom is 0.161 e. The van der Waals surface area contributed by atoms with Crippen LogP contribution in [0.4, 0.5) is 0 Å². The van der Waals surface area contributed by atoms with E-state index in [1.54, 1.807) is 26.4 Å². The second-order valence-electron chi connectivity index (χ2n) is 4.68. The second kappa shape index (κ2) is 7.24. The number of rotatable bonds is 7. The van der Waals surface area contributed by atoms with Gasteiger partial charge in [0, 0.05) is 6.54 Å². The van der Waals surface area contributed by atoms with Crippen LogP contribution in [0.1, 0.15) is 25.5 Å². The summed E-state index contributed by atoms with van der Waals surface area (Å²) in [7, 11) is 3.18. The second-order valence-corrected chi connectivity index (χ2v) is 4.68. The van der Waals surface area contributed by atoms with Crippen molar-refractivity contribution in [3.63, 3.8) is 0 Å². The minimum Gasteiger partial charge on any atom is -0.493 e. The van der Waals surface area contributed by atoms with Crippen molar-refractivity contribution in [3.05, 3.63) is 23.8 Å². The van der Waals surface area contributed by atoms with Gasteiger partial charge in [-0.1, -0.05) is 19.9 Å². The summed E-state index contributed by atoms with van der Waals surface area (Å²) in [5.74, 6) is 1.88. The first-order chi connectivity index (χ1) is 8.58. The Bertz CT molecular complexity index is 366. The number of aliphatic hydroxyl groups is 1. The Hall–Kier alpha value is -1.26. The fourth-order valence-corrected chi connectivity index (χ4v) is 1.69. The lowest BCUT2D eigenvalue weighted by atomic mass is 10.1. The molecule has 0 aromatic heterocycles. The Labute approximate surface area is 109 Å². The quantitative estimate of drug-likeness (QED) is 0.780. The maximum atomic E-state index is 10.1. The highest BCUT2D eigenvalue weighted by Crippen LogP contribution is 2.29. The van der Waals surface area contributed by atoms with Crippen LogP contribution in [0.3, 0.4) is 0 Å². The van der Waals surface area contributed by atoms with Crippen LogP contribution in [0.15, 0.2) is 18.2 Å². The van der Waals surface area contributed by atoms with Crippen LogP contribution >= 0.6 is 0 Å². The molecule has 0 saturated heterocycles. The number of ether oxygens (including phenoxy) is 2. The van der Waals surface area contributed by atoms with Gasteiger partial charge in [-0.3, -0.25) is 0 Å². The molecule has 1 aromatic carbocycles. The van der Waals surface area contributed by atoms with E-state index >= 15 is 0 Å². The summed E-state index contributed by atoms with van der Waals surface area (Å²) in [5, 5.41) is 13.3. The van der Waals surface area contributed by atoms with Gasteiger partial charge in [-0.25, -0.2) is 0 Å². The molecule has 1 rings (SSSR count). The Morgan fingerprint density at radius 3 is 2.33 bits per heavy atom. The summed E-state index contributed by atoms with van der Waals surface area (Å²) >= 11 is 0. The van der Waals surface area contributed by atoms with E-state index in [1.165, 1.54) is 0 Å². The summed E-state index contributed by atoms with van der Waals surface area (Å²) in [6, 6.07) is 5.46.